The fourth-order valence-electron chi connectivity index (χ4n) is 3.41. The van der Waals surface area contributed by atoms with Crippen molar-refractivity contribution in [2.45, 2.75) is 39.2 Å². The number of nitrogens with one attached hydrogen (secondary N) is 2. The third-order valence-corrected chi connectivity index (χ3v) is 5.12. The van der Waals surface area contributed by atoms with Crippen LogP contribution in [0.1, 0.15) is 44.7 Å². The Balaban J connectivity index is 1.53. The lowest BCUT2D eigenvalue weighted by atomic mass is 10.1. The van der Waals surface area contributed by atoms with E-state index in [9.17, 15) is 4.79 Å². The van der Waals surface area contributed by atoms with Crippen LogP contribution in [0.2, 0.25) is 0 Å². The molecule has 4 aromatic rings. The van der Waals surface area contributed by atoms with Crippen LogP contribution >= 0.6 is 0 Å². The molecule has 7 heteroatoms. The number of amides is 1. The zero-order valence-corrected chi connectivity index (χ0v) is 17.7. The van der Waals surface area contributed by atoms with Crippen molar-refractivity contribution in [2.75, 3.05) is 10.6 Å². The van der Waals surface area contributed by atoms with Crippen molar-refractivity contribution in [2.24, 2.45) is 0 Å². The molecule has 2 N–H and O–H groups in total. The van der Waals surface area contributed by atoms with Gasteiger partial charge in [0.2, 0.25) is 11.9 Å². The van der Waals surface area contributed by atoms with Gasteiger partial charge in [0.15, 0.2) is 0 Å². The van der Waals surface area contributed by atoms with Crippen molar-refractivity contribution < 1.29 is 4.79 Å². The lowest BCUT2D eigenvalue weighted by Gasteiger charge is -2.14. The molecule has 0 saturated carbocycles. The van der Waals surface area contributed by atoms with E-state index in [2.05, 4.69) is 51.6 Å². The van der Waals surface area contributed by atoms with Gasteiger partial charge >= 0.3 is 0 Å². The highest BCUT2D eigenvalue weighted by molar-refractivity contribution is 5.93. The third kappa shape index (κ3) is 4.88. The first-order chi connectivity index (χ1) is 15.1. The number of rotatable bonds is 8. The molecule has 4 rings (SSSR count). The number of nitrogens with zero attached hydrogens (tertiary/aromatic N) is 4. The number of hydrogen-bond donors (Lipinski definition) is 2. The number of benzene rings is 2. The number of carbonyl (C=O) groups is 1. The number of aromatic nitrogens is 4. The Bertz CT molecular complexity index is 1170. The summed E-state index contributed by atoms with van der Waals surface area (Å²) in [6.45, 7) is 4.15. The number of fused-ring (bicyclic) bond motifs is 1. The Morgan fingerprint density at radius 1 is 1.10 bits per heavy atom. The summed E-state index contributed by atoms with van der Waals surface area (Å²) < 4.78 is 1.91. The maximum absolute atomic E-state index is 12.0. The van der Waals surface area contributed by atoms with Crippen molar-refractivity contribution in [1.82, 2.24) is 19.5 Å². The molecule has 7 nitrogen and oxygen atoms in total. The second kappa shape index (κ2) is 9.38. The van der Waals surface area contributed by atoms with Gasteiger partial charge < -0.3 is 10.6 Å². The van der Waals surface area contributed by atoms with Crippen LogP contribution in [-0.2, 0) is 4.79 Å². The molecule has 0 fully saturated rings. The maximum Gasteiger partial charge on any atom is 0.225 e. The largest absolute Gasteiger partial charge is 0.348 e. The summed E-state index contributed by atoms with van der Waals surface area (Å²) in [6, 6.07) is 17.8. The molecule has 2 heterocycles. The molecule has 2 aromatic carbocycles. The quantitative estimate of drug-likeness (QED) is 0.418. The van der Waals surface area contributed by atoms with Crippen LogP contribution in [-0.4, -0.2) is 25.4 Å². The number of carbonyl (C=O) groups excluding carboxylic acids is 1. The second-order valence-electron chi connectivity index (χ2n) is 7.48. The molecule has 0 aliphatic carbocycles. The van der Waals surface area contributed by atoms with Crippen LogP contribution in [0.5, 0.6) is 0 Å². The zero-order valence-electron chi connectivity index (χ0n) is 17.7. The molecule has 1 atom stereocenters. The number of imidazole rings is 1. The highest BCUT2D eigenvalue weighted by Gasteiger charge is 2.11. The van der Waals surface area contributed by atoms with Crippen LogP contribution in [0.4, 0.5) is 11.6 Å². The van der Waals surface area contributed by atoms with E-state index < -0.39 is 0 Å². The molecule has 158 valence electrons. The maximum atomic E-state index is 12.0. The first kappa shape index (κ1) is 20.5. The molecule has 1 amide bonds. The summed E-state index contributed by atoms with van der Waals surface area (Å²) in [5, 5.41) is 6.29. The number of anilines is 2. The summed E-state index contributed by atoms with van der Waals surface area (Å²) in [5.41, 5.74) is 3.62. The van der Waals surface area contributed by atoms with E-state index in [4.69, 9.17) is 0 Å². The minimum absolute atomic E-state index is 0.0275. The standard InChI is InChI=1S/C24H26N6O/c1-3-4-10-23(31)28-19-11-12-21-20(15-19)26-16-30(21)22-13-14-25-24(29-22)27-17(2)18-8-6-5-7-9-18/h5-9,11-17H,3-4,10H2,1-2H3,(H,28,31)(H,25,27,29). The van der Waals surface area contributed by atoms with Gasteiger partial charge in [-0.2, -0.15) is 4.98 Å². The van der Waals surface area contributed by atoms with E-state index in [-0.39, 0.29) is 11.9 Å². The number of hydrogen-bond acceptors (Lipinski definition) is 5. The third-order valence-electron chi connectivity index (χ3n) is 5.12. The normalized spacial score (nSPS) is 11.9. The van der Waals surface area contributed by atoms with E-state index >= 15 is 0 Å². The molecular weight excluding hydrogens is 388 g/mol. The average Bonchev–Trinajstić information content (AvgIpc) is 3.22. The fourth-order valence-corrected chi connectivity index (χ4v) is 3.41. The highest BCUT2D eigenvalue weighted by Crippen LogP contribution is 2.22. The van der Waals surface area contributed by atoms with Crippen LogP contribution in [0, 0.1) is 0 Å². The molecule has 0 bridgehead atoms. The smallest absolute Gasteiger partial charge is 0.225 e. The first-order valence-corrected chi connectivity index (χ1v) is 10.6. The Kier molecular flexibility index (Phi) is 6.21. The van der Waals surface area contributed by atoms with Crippen molar-refractivity contribution >= 4 is 28.6 Å². The molecule has 0 spiro atoms. The predicted molar refractivity (Wildman–Crippen MR) is 123 cm³/mol. The van der Waals surface area contributed by atoms with Gasteiger partial charge in [0, 0.05) is 18.3 Å². The van der Waals surface area contributed by atoms with E-state index in [1.54, 1.807) is 12.5 Å². The Morgan fingerprint density at radius 2 is 1.94 bits per heavy atom. The Hall–Kier alpha value is -3.74. The molecule has 0 aliphatic heterocycles. The molecular formula is C24H26N6O. The van der Waals surface area contributed by atoms with Crippen LogP contribution in [0.3, 0.4) is 0 Å². The minimum Gasteiger partial charge on any atom is -0.348 e. The van der Waals surface area contributed by atoms with Crippen molar-refractivity contribution in [3.63, 3.8) is 0 Å². The summed E-state index contributed by atoms with van der Waals surface area (Å²) in [4.78, 5) is 25.5. The van der Waals surface area contributed by atoms with Gasteiger partial charge in [-0.1, -0.05) is 43.7 Å². The summed E-state index contributed by atoms with van der Waals surface area (Å²) in [7, 11) is 0. The van der Waals surface area contributed by atoms with Gasteiger partial charge in [-0.05, 0) is 43.2 Å². The lowest BCUT2D eigenvalue weighted by molar-refractivity contribution is -0.116. The highest BCUT2D eigenvalue weighted by atomic mass is 16.1. The Morgan fingerprint density at radius 3 is 2.74 bits per heavy atom. The van der Waals surface area contributed by atoms with Gasteiger partial charge in [0.1, 0.15) is 12.1 Å². The monoisotopic (exact) mass is 414 g/mol. The molecule has 0 radical (unpaired) electrons. The van der Waals surface area contributed by atoms with E-state index in [1.165, 1.54) is 0 Å². The Labute approximate surface area is 181 Å². The van der Waals surface area contributed by atoms with E-state index in [1.807, 2.05) is 47.0 Å². The molecule has 0 saturated heterocycles. The van der Waals surface area contributed by atoms with Gasteiger partial charge in [-0.25, -0.2) is 9.97 Å². The lowest BCUT2D eigenvalue weighted by Crippen LogP contribution is -2.11. The molecule has 1 unspecified atom stereocenters. The molecule has 31 heavy (non-hydrogen) atoms. The fraction of sp³-hybridized carbons (Fsp3) is 0.250. The SMILES string of the molecule is CCCCC(=O)Nc1ccc2c(c1)ncn2-c1ccnc(NC(C)c2ccccc2)n1. The van der Waals surface area contributed by atoms with E-state index in [0.717, 1.165) is 40.9 Å². The van der Waals surface area contributed by atoms with Crippen LogP contribution in [0.25, 0.3) is 16.9 Å². The topological polar surface area (TPSA) is 84.7 Å². The van der Waals surface area contributed by atoms with Crippen LogP contribution in [0.15, 0.2) is 67.1 Å². The minimum atomic E-state index is 0.0275. The van der Waals surface area contributed by atoms with Crippen molar-refractivity contribution in [1.29, 1.82) is 0 Å². The van der Waals surface area contributed by atoms with E-state index in [0.29, 0.717) is 12.4 Å². The number of unbranched alkanes of at least 4 members (excludes halogenated alkanes) is 1. The van der Waals surface area contributed by atoms with Crippen molar-refractivity contribution in [3.05, 3.63) is 72.7 Å². The van der Waals surface area contributed by atoms with Crippen LogP contribution < -0.4 is 10.6 Å². The first-order valence-electron chi connectivity index (χ1n) is 10.6. The molecule has 0 aliphatic rings. The van der Waals surface area contributed by atoms with Crippen molar-refractivity contribution in [3.8, 4) is 5.82 Å². The predicted octanol–water partition coefficient (Wildman–Crippen LogP) is 5.12. The average molecular weight is 415 g/mol. The van der Waals surface area contributed by atoms with Gasteiger partial charge in [0.25, 0.3) is 0 Å². The summed E-state index contributed by atoms with van der Waals surface area (Å²) in [5.74, 6) is 1.30. The molecule has 2 aromatic heterocycles. The summed E-state index contributed by atoms with van der Waals surface area (Å²) in [6.07, 6.45) is 5.88. The zero-order chi connectivity index (χ0) is 21.6. The van der Waals surface area contributed by atoms with Gasteiger partial charge in [-0.15, -0.1) is 0 Å². The second-order valence-corrected chi connectivity index (χ2v) is 7.48. The van der Waals surface area contributed by atoms with Gasteiger partial charge in [-0.3, -0.25) is 9.36 Å². The van der Waals surface area contributed by atoms with Gasteiger partial charge in [0.05, 0.1) is 17.1 Å². The summed E-state index contributed by atoms with van der Waals surface area (Å²) >= 11 is 0.